The summed E-state index contributed by atoms with van der Waals surface area (Å²) in [6, 6.07) is 9.97. The summed E-state index contributed by atoms with van der Waals surface area (Å²) in [5, 5.41) is 10.3. The van der Waals surface area contributed by atoms with Gasteiger partial charge in [0, 0.05) is 46.4 Å². The molecule has 0 atom stereocenters. The normalized spacial score (nSPS) is 11.5. The van der Waals surface area contributed by atoms with E-state index in [-0.39, 0.29) is 0 Å². The lowest BCUT2D eigenvalue weighted by molar-refractivity contribution is 1.09. The molecule has 30 heavy (non-hydrogen) atoms. The first-order valence-corrected chi connectivity index (χ1v) is 10.1. The van der Waals surface area contributed by atoms with Crippen LogP contribution in [0.1, 0.15) is 0 Å². The number of hydrogen-bond donors (Lipinski definition) is 3. The number of nitrogens with two attached hydrogens (primary N) is 1. The number of rotatable bonds is 3. The molecule has 0 radical (unpaired) electrons. The van der Waals surface area contributed by atoms with Crippen molar-refractivity contribution < 1.29 is 0 Å². The van der Waals surface area contributed by atoms with Gasteiger partial charge in [-0.25, -0.2) is 15.0 Å². The maximum atomic E-state index is 5.88. The maximum absolute atomic E-state index is 5.88. The molecule has 0 saturated heterocycles. The number of anilines is 1. The Morgan fingerprint density at radius 2 is 1.90 bits per heavy atom. The Bertz CT molecular complexity index is 1510. The molecule has 6 aromatic heterocycles. The molecular formula is C21H14N8S. The first kappa shape index (κ1) is 16.8. The predicted octanol–water partition coefficient (Wildman–Crippen LogP) is 4.27. The Labute approximate surface area is 173 Å². The van der Waals surface area contributed by atoms with Gasteiger partial charge in [0.25, 0.3) is 0 Å². The fourth-order valence-electron chi connectivity index (χ4n) is 3.51. The van der Waals surface area contributed by atoms with E-state index in [1.165, 1.54) is 0 Å². The van der Waals surface area contributed by atoms with Crippen molar-refractivity contribution in [2.24, 2.45) is 0 Å². The van der Waals surface area contributed by atoms with Crippen LogP contribution in [0, 0.1) is 0 Å². The second kappa shape index (κ2) is 6.46. The van der Waals surface area contributed by atoms with Crippen LogP contribution in [0.15, 0.2) is 60.5 Å². The molecule has 0 aromatic carbocycles. The van der Waals surface area contributed by atoms with Gasteiger partial charge in [-0.15, -0.1) is 11.3 Å². The molecule has 0 aliphatic heterocycles. The van der Waals surface area contributed by atoms with E-state index in [1.807, 2.05) is 24.3 Å². The number of pyridine rings is 3. The number of nitrogens with zero attached hydrogens (tertiary/aromatic N) is 5. The molecule has 0 spiro atoms. The number of hydrogen-bond acceptors (Lipinski definition) is 7. The predicted molar refractivity (Wildman–Crippen MR) is 118 cm³/mol. The third kappa shape index (κ3) is 2.64. The number of aromatic nitrogens is 7. The van der Waals surface area contributed by atoms with Crippen molar-refractivity contribution >= 4 is 39.2 Å². The van der Waals surface area contributed by atoms with Crippen LogP contribution < -0.4 is 5.73 Å². The minimum atomic E-state index is 0.601. The minimum Gasteiger partial charge on any atom is -0.397 e. The number of fused-ring (bicyclic) bond motifs is 2. The van der Waals surface area contributed by atoms with Gasteiger partial charge in [0.05, 0.1) is 11.1 Å². The molecule has 6 rings (SSSR count). The quantitative estimate of drug-likeness (QED) is 0.400. The van der Waals surface area contributed by atoms with E-state index >= 15 is 0 Å². The van der Waals surface area contributed by atoms with Crippen molar-refractivity contribution in [3.05, 3.63) is 60.5 Å². The molecule has 0 amide bonds. The van der Waals surface area contributed by atoms with Gasteiger partial charge in [0.2, 0.25) is 0 Å². The second-order valence-electron chi connectivity index (χ2n) is 6.82. The smallest absolute Gasteiger partial charge is 0.161 e. The van der Waals surface area contributed by atoms with Gasteiger partial charge in [0.1, 0.15) is 11.2 Å². The average molecular weight is 410 g/mol. The maximum Gasteiger partial charge on any atom is 0.161 e. The monoisotopic (exact) mass is 410 g/mol. The van der Waals surface area contributed by atoms with Crippen LogP contribution >= 0.6 is 11.3 Å². The summed E-state index contributed by atoms with van der Waals surface area (Å²) >= 11 is 1.67. The van der Waals surface area contributed by atoms with Gasteiger partial charge >= 0.3 is 0 Å². The van der Waals surface area contributed by atoms with E-state index in [1.54, 1.807) is 36.1 Å². The summed E-state index contributed by atoms with van der Waals surface area (Å²) < 4.78 is 0. The van der Waals surface area contributed by atoms with E-state index in [0.29, 0.717) is 22.9 Å². The zero-order chi connectivity index (χ0) is 20.1. The lowest BCUT2D eigenvalue weighted by Gasteiger charge is -2.02. The van der Waals surface area contributed by atoms with E-state index in [9.17, 15) is 0 Å². The van der Waals surface area contributed by atoms with Crippen LogP contribution in [0.3, 0.4) is 0 Å². The van der Waals surface area contributed by atoms with Crippen LogP contribution in [0.25, 0.3) is 55.3 Å². The van der Waals surface area contributed by atoms with Crippen molar-refractivity contribution in [2.75, 3.05) is 5.73 Å². The molecule has 6 aromatic rings. The first-order chi connectivity index (χ1) is 14.8. The Morgan fingerprint density at radius 1 is 0.967 bits per heavy atom. The molecule has 0 unspecified atom stereocenters. The van der Waals surface area contributed by atoms with Crippen LogP contribution in [-0.2, 0) is 0 Å². The van der Waals surface area contributed by atoms with Gasteiger partial charge in [-0.2, -0.15) is 5.10 Å². The van der Waals surface area contributed by atoms with Crippen molar-refractivity contribution in [3.8, 4) is 33.1 Å². The lowest BCUT2D eigenvalue weighted by Crippen LogP contribution is -1.89. The fourth-order valence-corrected chi connectivity index (χ4v) is 4.26. The zero-order valence-electron chi connectivity index (χ0n) is 15.5. The van der Waals surface area contributed by atoms with Gasteiger partial charge in [-0.3, -0.25) is 10.1 Å². The Hall–Kier alpha value is -4.11. The van der Waals surface area contributed by atoms with Crippen molar-refractivity contribution in [1.82, 2.24) is 35.1 Å². The molecular weight excluding hydrogens is 396 g/mol. The minimum absolute atomic E-state index is 0.601. The highest BCUT2D eigenvalue weighted by Gasteiger charge is 2.17. The summed E-state index contributed by atoms with van der Waals surface area (Å²) in [7, 11) is 0. The Morgan fingerprint density at radius 3 is 2.77 bits per heavy atom. The van der Waals surface area contributed by atoms with Crippen LogP contribution in [0.2, 0.25) is 0 Å². The van der Waals surface area contributed by atoms with E-state index < -0.39 is 0 Å². The van der Waals surface area contributed by atoms with Crippen LogP contribution in [0.4, 0.5) is 5.69 Å². The van der Waals surface area contributed by atoms with E-state index in [4.69, 9.17) is 10.7 Å². The van der Waals surface area contributed by atoms with Crippen molar-refractivity contribution in [2.45, 2.75) is 0 Å². The van der Waals surface area contributed by atoms with E-state index in [0.717, 1.165) is 38.1 Å². The number of aromatic amines is 2. The zero-order valence-corrected chi connectivity index (χ0v) is 16.3. The van der Waals surface area contributed by atoms with Gasteiger partial charge < -0.3 is 10.7 Å². The molecule has 0 fully saturated rings. The third-order valence-electron chi connectivity index (χ3n) is 4.90. The van der Waals surface area contributed by atoms with Crippen LogP contribution in [0.5, 0.6) is 0 Å². The number of thiophene rings is 1. The first-order valence-electron chi connectivity index (χ1n) is 9.20. The second-order valence-corrected chi connectivity index (χ2v) is 7.77. The summed E-state index contributed by atoms with van der Waals surface area (Å²) in [5.74, 6) is 0.636. The largest absolute Gasteiger partial charge is 0.397 e. The van der Waals surface area contributed by atoms with Gasteiger partial charge in [0.15, 0.2) is 17.1 Å². The standard InChI is InChI=1S/C21H14N8S/c22-13-6-11(8-23-10-13)12-7-15-18(28-29-19(15)25-9-12)21-26-17-14(16-2-1-5-30-16)3-4-24-20(17)27-21/h1-10H,22H2,(H,24,26,27)(H,25,28,29). The molecule has 6 heterocycles. The molecule has 4 N–H and O–H groups in total. The molecule has 144 valence electrons. The lowest BCUT2D eigenvalue weighted by atomic mass is 10.1. The molecule has 0 saturated carbocycles. The van der Waals surface area contributed by atoms with Gasteiger partial charge in [-0.05, 0) is 29.6 Å². The molecule has 8 nitrogen and oxygen atoms in total. The SMILES string of the molecule is Nc1cncc(-c2cnc3[nH]nc(-c4nc5c(-c6cccs6)ccnc5[nH]4)c3c2)c1. The molecule has 0 aliphatic rings. The number of nitrogens with one attached hydrogen (secondary N) is 2. The number of nitrogen functional groups attached to an aromatic ring is 1. The highest BCUT2D eigenvalue weighted by Crippen LogP contribution is 2.33. The third-order valence-corrected chi connectivity index (χ3v) is 5.81. The molecule has 9 heteroatoms. The molecule has 0 aliphatic carbocycles. The Balaban J connectivity index is 1.52. The van der Waals surface area contributed by atoms with Crippen LogP contribution in [-0.4, -0.2) is 35.1 Å². The summed E-state index contributed by atoms with van der Waals surface area (Å²) in [4.78, 5) is 22.4. The summed E-state index contributed by atoms with van der Waals surface area (Å²) in [6.07, 6.45) is 6.94. The summed E-state index contributed by atoms with van der Waals surface area (Å²) in [5.41, 5.74) is 12.2. The van der Waals surface area contributed by atoms with Gasteiger partial charge in [-0.1, -0.05) is 6.07 Å². The Kier molecular flexibility index (Phi) is 3.62. The highest BCUT2D eigenvalue weighted by atomic mass is 32.1. The van der Waals surface area contributed by atoms with Crippen molar-refractivity contribution in [3.63, 3.8) is 0 Å². The number of imidazole rings is 1. The fraction of sp³-hybridized carbons (Fsp3) is 0. The van der Waals surface area contributed by atoms with Crippen molar-refractivity contribution in [1.29, 1.82) is 0 Å². The van der Waals surface area contributed by atoms with E-state index in [2.05, 4.69) is 41.6 Å². The topological polar surface area (TPSA) is 122 Å². The number of H-pyrrole nitrogens is 2. The average Bonchev–Trinajstić information content (AvgIpc) is 3.51. The highest BCUT2D eigenvalue weighted by molar-refractivity contribution is 7.13. The molecule has 0 bridgehead atoms. The summed E-state index contributed by atoms with van der Waals surface area (Å²) in [6.45, 7) is 0.